The molecule has 136 valence electrons. The Bertz CT molecular complexity index is 777. The molecule has 0 aliphatic carbocycles. The molecule has 26 heavy (non-hydrogen) atoms. The average Bonchev–Trinajstić information content (AvgIpc) is 3.10. The molecule has 3 rings (SSSR count). The summed E-state index contributed by atoms with van der Waals surface area (Å²) < 4.78 is 0. The lowest BCUT2D eigenvalue weighted by Gasteiger charge is -2.30. The van der Waals surface area contributed by atoms with Crippen LogP contribution < -0.4 is 5.32 Å². The maximum absolute atomic E-state index is 12.3. The van der Waals surface area contributed by atoms with Crippen LogP contribution >= 0.6 is 11.3 Å². The minimum Gasteiger partial charge on any atom is -0.352 e. The number of thiazole rings is 1. The van der Waals surface area contributed by atoms with Gasteiger partial charge >= 0.3 is 0 Å². The number of benzene rings is 1. The first-order valence-electron chi connectivity index (χ1n) is 8.82. The third-order valence-electron chi connectivity index (χ3n) is 4.52. The zero-order chi connectivity index (χ0) is 18.4. The maximum atomic E-state index is 12.3. The van der Waals surface area contributed by atoms with Crippen LogP contribution in [0.5, 0.6) is 0 Å². The van der Waals surface area contributed by atoms with Gasteiger partial charge in [-0.3, -0.25) is 9.59 Å². The minimum absolute atomic E-state index is 0.0150. The van der Waals surface area contributed by atoms with Crippen molar-refractivity contribution in [3.05, 3.63) is 58.1 Å². The molecular weight excluding hydrogens is 346 g/mol. The van der Waals surface area contributed by atoms with Crippen molar-refractivity contribution in [2.75, 3.05) is 13.1 Å². The number of rotatable bonds is 5. The van der Waals surface area contributed by atoms with Gasteiger partial charge in [-0.05, 0) is 31.4 Å². The lowest BCUT2D eigenvalue weighted by atomic mass is 9.95. The van der Waals surface area contributed by atoms with E-state index in [1.165, 1.54) is 0 Å². The van der Waals surface area contributed by atoms with Gasteiger partial charge in [0.25, 0.3) is 0 Å². The second-order valence-corrected chi connectivity index (χ2v) is 7.49. The highest BCUT2D eigenvalue weighted by Crippen LogP contribution is 2.18. The third kappa shape index (κ3) is 5.02. The van der Waals surface area contributed by atoms with Crippen LogP contribution in [0.25, 0.3) is 6.08 Å². The van der Waals surface area contributed by atoms with Crippen LogP contribution in [0, 0.1) is 12.8 Å². The second kappa shape index (κ2) is 8.76. The van der Waals surface area contributed by atoms with E-state index in [1.807, 2.05) is 42.6 Å². The van der Waals surface area contributed by atoms with Crippen molar-refractivity contribution in [1.82, 2.24) is 15.2 Å². The number of nitrogens with zero attached hydrogens (tertiary/aromatic N) is 2. The maximum Gasteiger partial charge on any atom is 0.246 e. The van der Waals surface area contributed by atoms with Crippen molar-refractivity contribution in [3.8, 4) is 0 Å². The van der Waals surface area contributed by atoms with Gasteiger partial charge in [-0.1, -0.05) is 30.3 Å². The summed E-state index contributed by atoms with van der Waals surface area (Å²) in [5.74, 6) is 0.0428. The number of carbonyl (C=O) groups excluding carboxylic acids is 2. The Morgan fingerprint density at radius 3 is 2.65 bits per heavy atom. The van der Waals surface area contributed by atoms with Gasteiger partial charge in [0.2, 0.25) is 11.8 Å². The zero-order valence-electron chi connectivity index (χ0n) is 14.9. The summed E-state index contributed by atoms with van der Waals surface area (Å²) in [7, 11) is 0. The Hall–Kier alpha value is -2.47. The largest absolute Gasteiger partial charge is 0.352 e. The highest BCUT2D eigenvalue weighted by Gasteiger charge is 2.26. The Morgan fingerprint density at radius 2 is 2.00 bits per heavy atom. The van der Waals surface area contributed by atoms with E-state index in [0.717, 1.165) is 16.3 Å². The van der Waals surface area contributed by atoms with Crippen molar-refractivity contribution < 1.29 is 9.59 Å². The number of aromatic nitrogens is 1. The molecule has 5 nitrogen and oxygen atoms in total. The molecule has 2 heterocycles. The Labute approximate surface area is 157 Å². The molecule has 1 saturated heterocycles. The Balaban J connectivity index is 1.43. The van der Waals surface area contributed by atoms with Gasteiger partial charge in [-0.25, -0.2) is 4.98 Å². The third-order valence-corrected chi connectivity index (χ3v) is 5.31. The molecule has 2 amide bonds. The van der Waals surface area contributed by atoms with Gasteiger partial charge in [-0.2, -0.15) is 0 Å². The standard InChI is InChI=1S/C20H23N3O2S/c1-15-22-18(14-26-15)7-8-19(24)23-11-9-17(10-12-23)20(25)21-13-16-5-3-2-4-6-16/h2-8,14,17H,9-13H2,1H3,(H,21,25). The van der Waals surface area contributed by atoms with E-state index in [4.69, 9.17) is 0 Å². The van der Waals surface area contributed by atoms with Crippen molar-refractivity contribution in [2.24, 2.45) is 5.92 Å². The number of aryl methyl sites for hydroxylation is 1. The molecule has 1 aromatic carbocycles. The van der Waals surface area contributed by atoms with Gasteiger partial charge in [0, 0.05) is 37.0 Å². The summed E-state index contributed by atoms with van der Waals surface area (Å²) >= 11 is 1.57. The van der Waals surface area contributed by atoms with E-state index in [0.29, 0.717) is 32.5 Å². The predicted molar refractivity (Wildman–Crippen MR) is 103 cm³/mol. The number of likely N-dealkylation sites (tertiary alicyclic amines) is 1. The van der Waals surface area contributed by atoms with Crippen LogP contribution in [-0.2, 0) is 16.1 Å². The molecule has 0 radical (unpaired) electrons. The first-order valence-corrected chi connectivity index (χ1v) is 9.70. The molecular formula is C20H23N3O2S. The summed E-state index contributed by atoms with van der Waals surface area (Å²) in [6.07, 6.45) is 4.74. The topological polar surface area (TPSA) is 62.3 Å². The summed E-state index contributed by atoms with van der Waals surface area (Å²) in [4.78, 5) is 30.7. The van der Waals surface area contributed by atoms with E-state index in [1.54, 1.807) is 28.4 Å². The van der Waals surface area contributed by atoms with Crippen LogP contribution in [0.1, 0.15) is 29.1 Å². The van der Waals surface area contributed by atoms with Gasteiger partial charge < -0.3 is 10.2 Å². The number of piperidine rings is 1. The fraction of sp³-hybridized carbons (Fsp3) is 0.350. The monoisotopic (exact) mass is 369 g/mol. The van der Waals surface area contributed by atoms with Gasteiger partial charge in [-0.15, -0.1) is 11.3 Å². The molecule has 0 unspecified atom stereocenters. The van der Waals surface area contributed by atoms with Crippen LogP contribution in [0.3, 0.4) is 0 Å². The SMILES string of the molecule is Cc1nc(C=CC(=O)N2CCC(C(=O)NCc3ccccc3)CC2)cs1. The Kier molecular flexibility index (Phi) is 6.17. The summed E-state index contributed by atoms with van der Waals surface area (Å²) in [6.45, 7) is 3.72. The summed E-state index contributed by atoms with van der Waals surface area (Å²) in [5, 5.41) is 5.92. The molecule has 0 atom stereocenters. The molecule has 1 aliphatic rings. The number of hydrogen-bond donors (Lipinski definition) is 1. The van der Waals surface area contributed by atoms with Crippen molar-refractivity contribution in [1.29, 1.82) is 0 Å². The molecule has 2 aromatic rings. The zero-order valence-corrected chi connectivity index (χ0v) is 15.7. The quantitative estimate of drug-likeness (QED) is 0.824. The van der Waals surface area contributed by atoms with E-state index in [9.17, 15) is 9.59 Å². The lowest BCUT2D eigenvalue weighted by molar-refractivity contribution is -0.132. The highest BCUT2D eigenvalue weighted by molar-refractivity contribution is 7.09. The smallest absolute Gasteiger partial charge is 0.246 e. The molecule has 1 fully saturated rings. The number of amides is 2. The van der Waals surface area contributed by atoms with E-state index < -0.39 is 0 Å². The number of hydrogen-bond acceptors (Lipinski definition) is 4. The van der Waals surface area contributed by atoms with E-state index in [2.05, 4.69) is 10.3 Å². The molecule has 1 N–H and O–H groups in total. The van der Waals surface area contributed by atoms with Gasteiger partial charge in [0.05, 0.1) is 10.7 Å². The minimum atomic E-state index is -0.0204. The van der Waals surface area contributed by atoms with Crippen molar-refractivity contribution in [3.63, 3.8) is 0 Å². The molecule has 0 saturated carbocycles. The van der Waals surface area contributed by atoms with E-state index >= 15 is 0 Å². The molecule has 0 bridgehead atoms. The number of carbonyl (C=O) groups is 2. The molecule has 1 aliphatic heterocycles. The fourth-order valence-electron chi connectivity index (χ4n) is 3.01. The van der Waals surface area contributed by atoms with Crippen molar-refractivity contribution >= 4 is 29.2 Å². The second-order valence-electron chi connectivity index (χ2n) is 6.43. The first kappa shape index (κ1) is 18.3. The first-order chi connectivity index (χ1) is 12.6. The normalized spacial score (nSPS) is 15.3. The van der Waals surface area contributed by atoms with Gasteiger partial charge in [0.1, 0.15) is 0 Å². The fourth-order valence-corrected chi connectivity index (χ4v) is 3.59. The van der Waals surface area contributed by atoms with Crippen LogP contribution in [-0.4, -0.2) is 34.8 Å². The van der Waals surface area contributed by atoms with Crippen molar-refractivity contribution in [2.45, 2.75) is 26.3 Å². The van der Waals surface area contributed by atoms with Crippen LogP contribution in [0.15, 0.2) is 41.8 Å². The molecule has 0 spiro atoms. The van der Waals surface area contributed by atoms with Gasteiger partial charge in [0.15, 0.2) is 0 Å². The number of nitrogens with one attached hydrogen (secondary N) is 1. The van der Waals surface area contributed by atoms with Crippen LogP contribution in [0.4, 0.5) is 0 Å². The van der Waals surface area contributed by atoms with E-state index in [-0.39, 0.29) is 17.7 Å². The average molecular weight is 369 g/mol. The molecule has 1 aromatic heterocycles. The molecule has 6 heteroatoms. The lowest BCUT2D eigenvalue weighted by Crippen LogP contribution is -2.42. The Morgan fingerprint density at radius 1 is 1.27 bits per heavy atom. The highest BCUT2D eigenvalue weighted by atomic mass is 32.1. The summed E-state index contributed by atoms with van der Waals surface area (Å²) in [6, 6.07) is 9.88. The van der Waals surface area contributed by atoms with Crippen LogP contribution in [0.2, 0.25) is 0 Å². The predicted octanol–water partition coefficient (Wildman–Crippen LogP) is 3.02. The summed E-state index contributed by atoms with van der Waals surface area (Å²) in [5.41, 5.74) is 1.91.